The number of hydrogen-bond acceptors (Lipinski definition) is 4. The van der Waals surface area contributed by atoms with E-state index in [2.05, 4.69) is 11.0 Å². The predicted octanol–water partition coefficient (Wildman–Crippen LogP) is 1.11. The number of nitrogens with zero attached hydrogens (tertiary/aromatic N) is 3. The minimum absolute atomic E-state index is 0.00957. The van der Waals surface area contributed by atoms with Crippen molar-refractivity contribution in [2.45, 2.75) is 32.7 Å². The van der Waals surface area contributed by atoms with Crippen LogP contribution in [0, 0.1) is 17.2 Å². The van der Waals surface area contributed by atoms with E-state index in [1.165, 1.54) is 0 Å². The van der Waals surface area contributed by atoms with Gasteiger partial charge in [-0.3, -0.25) is 9.69 Å². The van der Waals surface area contributed by atoms with E-state index < -0.39 is 0 Å². The number of methoxy groups -OCH3 is 1. The van der Waals surface area contributed by atoms with Gasteiger partial charge in [0.2, 0.25) is 5.91 Å². The van der Waals surface area contributed by atoms with Crippen LogP contribution >= 0.6 is 0 Å². The highest BCUT2D eigenvalue weighted by molar-refractivity contribution is 5.76. The number of rotatable bonds is 6. The fourth-order valence-electron chi connectivity index (χ4n) is 2.48. The van der Waals surface area contributed by atoms with Gasteiger partial charge in [0.15, 0.2) is 0 Å². The van der Waals surface area contributed by atoms with Gasteiger partial charge in [-0.1, -0.05) is 13.8 Å². The van der Waals surface area contributed by atoms with Gasteiger partial charge in [0.1, 0.15) is 0 Å². The largest absolute Gasteiger partial charge is 0.384 e. The van der Waals surface area contributed by atoms with E-state index in [0.29, 0.717) is 13.0 Å². The molecule has 1 rings (SSSR count). The zero-order valence-corrected chi connectivity index (χ0v) is 12.3. The number of carbonyl (C=O) groups excluding carboxylic acids is 1. The van der Waals surface area contributed by atoms with Crippen molar-refractivity contribution in [3.8, 4) is 6.07 Å². The summed E-state index contributed by atoms with van der Waals surface area (Å²) in [5.41, 5.74) is 0. The summed E-state index contributed by atoms with van der Waals surface area (Å²) in [6.45, 7) is 7.75. The molecule has 19 heavy (non-hydrogen) atoms. The third kappa shape index (κ3) is 4.81. The first-order valence-corrected chi connectivity index (χ1v) is 7.02. The average molecular weight is 267 g/mol. The van der Waals surface area contributed by atoms with Crippen LogP contribution in [0.25, 0.3) is 0 Å². The van der Waals surface area contributed by atoms with Gasteiger partial charge in [0.05, 0.1) is 12.1 Å². The first-order chi connectivity index (χ1) is 9.12. The standard InChI is InChI=1S/C14H25N3O2/c1-4-13(10-15)16-5-7-17(8-6-16)14(18)9-12(2)11-19-3/h12-13H,4-9,11H2,1-3H3. The lowest BCUT2D eigenvalue weighted by atomic mass is 10.1. The smallest absolute Gasteiger partial charge is 0.223 e. The number of carbonyl (C=O) groups is 1. The van der Waals surface area contributed by atoms with Gasteiger partial charge in [-0.05, 0) is 12.3 Å². The molecule has 5 heteroatoms. The summed E-state index contributed by atoms with van der Waals surface area (Å²) in [5.74, 6) is 0.465. The van der Waals surface area contributed by atoms with E-state index >= 15 is 0 Å². The molecule has 5 nitrogen and oxygen atoms in total. The Morgan fingerprint density at radius 2 is 2.00 bits per heavy atom. The molecule has 0 N–H and O–H groups in total. The summed E-state index contributed by atoms with van der Waals surface area (Å²) in [7, 11) is 1.66. The molecule has 0 radical (unpaired) electrons. The fourth-order valence-corrected chi connectivity index (χ4v) is 2.48. The van der Waals surface area contributed by atoms with Crippen molar-refractivity contribution < 1.29 is 9.53 Å². The molecule has 2 unspecified atom stereocenters. The lowest BCUT2D eigenvalue weighted by Crippen LogP contribution is -2.51. The third-order valence-electron chi connectivity index (χ3n) is 3.62. The normalized spacial score (nSPS) is 19.8. The van der Waals surface area contributed by atoms with Crippen LogP contribution in [0.1, 0.15) is 26.7 Å². The predicted molar refractivity (Wildman–Crippen MR) is 73.5 cm³/mol. The lowest BCUT2D eigenvalue weighted by molar-refractivity contribution is -0.134. The Labute approximate surface area is 116 Å². The highest BCUT2D eigenvalue weighted by Crippen LogP contribution is 2.12. The van der Waals surface area contributed by atoms with E-state index in [1.807, 2.05) is 18.7 Å². The first kappa shape index (κ1) is 15.9. The molecule has 1 fully saturated rings. The quantitative estimate of drug-likeness (QED) is 0.723. The summed E-state index contributed by atoms with van der Waals surface area (Å²) in [5, 5.41) is 9.05. The van der Waals surface area contributed by atoms with E-state index in [9.17, 15) is 4.79 Å². The molecule has 0 aromatic carbocycles. The second-order valence-corrected chi connectivity index (χ2v) is 5.23. The number of amides is 1. The average Bonchev–Trinajstić information content (AvgIpc) is 2.41. The van der Waals surface area contributed by atoms with Gasteiger partial charge in [0.25, 0.3) is 0 Å². The number of hydrogen-bond donors (Lipinski definition) is 0. The van der Waals surface area contributed by atoms with Gasteiger partial charge in [-0.2, -0.15) is 5.26 Å². The lowest BCUT2D eigenvalue weighted by Gasteiger charge is -2.37. The van der Waals surface area contributed by atoms with Crippen LogP contribution in [0.3, 0.4) is 0 Å². The van der Waals surface area contributed by atoms with Gasteiger partial charge in [0, 0.05) is 46.3 Å². The SMILES string of the molecule is CCC(C#N)N1CCN(C(=O)CC(C)COC)CC1. The second-order valence-electron chi connectivity index (χ2n) is 5.23. The Morgan fingerprint density at radius 3 is 2.47 bits per heavy atom. The van der Waals surface area contributed by atoms with E-state index in [1.54, 1.807) is 7.11 Å². The van der Waals surface area contributed by atoms with Gasteiger partial charge in [-0.25, -0.2) is 0 Å². The van der Waals surface area contributed by atoms with Crippen LogP contribution in [0.5, 0.6) is 0 Å². The van der Waals surface area contributed by atoms with Crippen LogP contribution in [0.15, 0.2) is 0 Å². The van der Waals surface area contributed by atoms with Crippen molar-refractivity contribution in [3.05, 3.63) is 0 Å². The molecule has 2 atom stereocenters. The van der Waals surface area contributed by atoms with Crippen LogP contribution in [-0.2, 0) is 9.53 Å². The molecular formula is C14H25N3O2. The van der Waals surface area contributed by atoms with Gasteiger partial charge >= 0.3 is 0 Å². The molecular weight excluding hydrogens is 242 g/mol. The molecule has 0 aromatic heterocycles. The summed E-state index contributed by atoms with van der Waals surface area (Å²) in [6.07, 6.45) is 1.39. The Morgan fingerprint density at radius 1 is 1.37 bits per heavy atom. The zero-order valence-electron chi connectivity index (χ0n) is 12.3. The van der Waals surface area contributed by atoms with Crippen molar-refractivity contribution >= 4 is 5.91 Å². The van der Waals surface area contributed by atoms with E-state index in [0.717, 1.165) is 32.6 Å². The topological polar surface area (TPSA) is 56.6 Å². The Hall–Kier alpha value is -1.12. The summed E-state index contributed by atoms with van der Waals surface area (Å²) in [4.78, 5) is 16.2. The third-order valence-corrected chi connectivity index (χ3v) is 3.62. The van der Waals surface area contributed by atoms with Crippen LogP contribution < -0.4 is 0 Å². The summed E-state index contributed by atoms with van der Waals surface area (Å²) in [6, 6.07) is 2.31. The van der Waals surface area contributed by atoms with Crippen LogP contribution in [-0.4, -0.2) is 61.6 Å². The van der Waals surface area contributed by atoms with Crippen molar-refractivity contribution in [3.63, 3.8) is 0 Å². The second kappa shape index (κ2) is 8.13. The molecule has 0 aliphatic carbocycles. The van der Waals surface area contributed by atoms with E-state index in [-0.39, 0.29) is 17.9 Å². The molecule has 1 amide bonds. The van der Waals surface area contributed by atoms with E-state index in [4.69, 9.17) is 10.00 Å². The highest BCUT2D eigenvalue weighted by atomic mass is 16.5. The molecule has 108 valence electrons. The molecule has 0 aromatic rings. The number of piperazine rings is 1. The van der Waals surface area contributed by atoms with Crippen molar-refractivity contribution in [1.29, 1.82) is 5.26 Å². The molecule has 0 spiro atoms. The molecule has 0 bridgehead atoms. The number of ether oxygens (including phenoxy) is 1. The molecule has 1 aliphatic heterocycles. The highest BCUT2D eigenvalue weighted by Gasteiger charge is 2.25. The zero-order chi connectivity index (χ0) is 14.3. The Bertz CT molecular complexity index is 319. The maximum atomic E-state index is 12.1. The number of nitriles is 1. The van der Waals surface area contributed by atoms with Crippen LogP contribution in [0.4, 0.5) is 0 Å². The maximum Gasteiger partial charge on any atom is 0.223 e. The fraction of sp³-hybridized carbons (Fsp3) is 0.857. The Balaban J connectivity index is 2.37. The van der Waals surface area contributed by atoms with Crippen molar-refractivity contribution in [2.75, 3.05) is 39.9 Å². The minimum Gasteiger partial charge on any atom is -0.384 e. The van der Waals surface area contributed by atoms with Gasteiger partial charge in [-0.15, -0.1) is 0 Å². The van der Waals surface area contributed by atoms with Gasteiger partial charge < -0.3 is 9.64 Å². The Kier molecular flexibility index (Phi) is 6.82. The van der Waals surface area contributed by atoms with Crippen LogP contribution in [0.2, 0.25) is 0 Å². The minimum atomic E-state index is -0.00957. The molecule has 1 heterocycles. The molecule has 1 saturated heterocycles. The molecule has 0 saturated carbocycles. The van der Waals surface area contributed by atoms with Crippen molar-refractivity contribution in [2.24, 2.45) is 5.92 Å². The monoisotopic (exact) mass is 267 g/mol. The maximum absolute atomic E-state index is 12.1. The summed E-state index contributed by atoms with van der Waals surface area (Å²) >= 11 is 0. The first-order valence-electron chi connectivity index (χ1n) is 7.02. The summed E-state index contributed by atoms with van der Waals surface area (Å²) < 4.78 is 5.05. The molecule has 1 aliphatic rings. The van der Waals surface area contributed by atoms with Crippen molar-refractivity contribution in [1.82, 2.24) is 9.80 Å².